The average molecular weight is 301 g/mol. The highest BCUT2D eigenvalue weighted by Crippen LogP contribution is 2.11. The van der Waals surface area contributed by atoms with Crippen molar-refractivity contribution in [1.29, 1.82) is 0 Å². The molecule has 0 aromatic carbocycles. The summed E-state index contributed by atoms with van der Waals surface area (Å²) in [5, 5.41) is 5.16. The van der Waals surface area contributed by atoms with Crippen LogP contribution in [0.1, 0.15) is 33.6 Å². The van der Waals surface area contributed by atoms with Gasteiger partial charge in [-0.25, -0.2) is 9.59 Å². The minimum atomic E-state index is -0.940. The molecule has 1 aliphatic rings. The van der Waals surface area contributed by atoms with Gasteiger partial charge in [-0.3, -0.25) is 9.59 Å². The van der Waals surface area contributed by atoms with Crippen molar-refractivity contribution < 1.29 is 28.8 Å². The number of amides is 4. The Morgan fingerprint density at radius 3 is 2.00 bits per heavy atom. The number of ether oxygens (including phenoxy) is 1. The summed E-state index contributed by atoms with van der Waals surface area (Å²) in [6, 6.07) is 0. The average Bonchev–Trinajstić information content (AvgIpc) is 2.64. The molecule has 0 radical (unpaired) electrons. The van der Waals surface area contributed by atoms with Crippen molar-refractivity contribution in [1.82, 2.24) is 15.7 Å². The third-order valence-corrected chi connectivity index (χ3v) is 2.24. The van der Waals surface area contributed by atoms with E-state index in [1.165, 1.54) is 0 Å². The Morgan fingerprint density at radius 1 is 1.05 bits per heavy atom. The summed E-state index contributed by atoms with van der Waals surface area (Å²) in [7, 11) is 0. The van der Waals surface area contributed by atoms with E-state index in [1.54, 1.807) is 20.8 Å². The van der Waals surface area contributed by atoms with Crippen LogP contribution < -0.4 is 10.6 Å². The predicted octanol–water partition coefficient (Wildman–Crippen LogP) is 0.301. The van der Waals surface area contributed by atoms with Crippen LogP contribution >= 0.6 is 0 Å². The fourth-order valence-corrected chi connectivity index (χ4v) is 1.42. The monoisotopic (exact) mass is 301 g/mol. The van der Waals surface area contributed by atoms with E-state index < -0.39 is 29.6 Å². The second-order valence-electron chi connectivity index (χ2n) is 5.32. The minimum Gasteiger partial charge on any atom is -0.444 e. The maximum absolute atomic E-state index is 11.3. The number of hydrogen-bond donors (Lipinski definition) is 2. The molecule has 1 heterocycles. The topological polar surface area (TPSA) is 114 Å². The quantitative estimate of drug-likeness (QED) is 0.570. The van der Waals surface area contributed by atoms with Gasteiger partial charge >= 0.3 is 12.2 Å². The van der Waals surface area contributed by atoms with Crippen LogP contribution in [-0.4, -0.2) is 47.8 Å². The largest absolute Gasteiger partial charge is 0.444 e. The van der Waals surface area contributed by atoms with E-state index >= 15 is 0 Å². The van der Waals surface area contributed by atoms with Gasteiger partial charge in [-0.05, 0) is 20.8 Å². The van der Waals surface area contributed by atoms with Gasteiger partial charge in [0.25, 0.3) is 11.8 Å². The fourth-order valence-electron chi connectivity index (χ4n) is 1.42. The molecule has 0 aliphatic carbocycles. The first-order valence-electron chi connectivity index (χ1n) is 6.47. The van der Waals surface area contributed by atoms with Gasteiger partial charge in [0.15, 0.2) is 0 Å². The highest BCUT2D eigenvalue weighted by atomic mass is 16.7. The van der Waals surface area contributed by atoms with E-state index in [0.29, 0.717) is 5.06 Å². The Bertz CT molecular complexity index is 427. The van der Waals surface area contributed by atoms with Crippen LogP contribution in [0.5, 0.6) is 0 Å². The highest BCUT2D eigenvalue weighted by molar-refractivity contribution is 6.01. The molecule has 1 aliphatic heterocycles. The van der Waals surface area contributed by atoms with Crippen LogP contribution in [0, 0.1) is 0 Å². The Morgan fingerprint density at radius 2 is 1.52 bits per heavy atom. The van der Waals surface area contributed by atoms with Crippen LogP contribution in [0.2, 0.25) is 0 Å². The first-order chi connectivity index (χ1) is 9.69. The summed E-state index contributed by atoms with van der Waals surface area (Å²) in [6.45, 7) is 5.37. The van der Waals surface area contributed by atoms with E-state index in [-0.39, 0.29) is 25.9 Å². The Kier molecular flexibility index (Phi) is 5.51. The number of alkyl carbamates (subject to hydrolysis) is 1. The molecule has 21 heavy (non-hydrogen) atoms. The molecule has 0 unspecified atom stereocenters. The van der Waals surface area contributed by atoms with Gasteiger partial charge in [0, 0.05) is 25.9 Å². The van der Waals surface area contributed by atoms with Crippen LogP contribution in [0.4, 0.5) is 9.59 Å². The van der Waals surface area contributed by atoms with Crippen molar-refractivity contribution in [2.45, 2.75) is 39.2 Å². The van der Waals surface area contributed by atoms with Crippen molar-refractivity contribution in [2.75, 3.05) is 13.1 Å². The Balaban J connectivity index is 2.18. The lowest BCUT2D eigenvalue weighted by Crippen LogP contribution is -2.41. The summed E-state index contributed by atoms with van der Waals surface area (Å²) in [5.74, 6) is -1.11. The Labute approximate surface area is 121 Å². The zero-order valence-electron chi connectivity index (χ0n) is 12.2. The first-order valence-corrected chi connectivity index (χ1v) is 6.47. The smallest absolute Gasteiger partial charge is 0.432 e. The number of nitrogens with zero attached hydrogens (tertiary/aromatic N) is 1. The van der Waals surface area contributed by atoms with Crippen molar-refractivity contribution in [2.24, 2.45) is 0 Å². The van der Waals surface area contributed by atoms with E-state index in [9.17, 15) is 19.2 Å². The molecule has 118 valence electrons. The molecule has 1 saturated heterocycles. The second-order valence-corrected chi connectivity index (χ2v) is 5.32. The molecule has 4 amide bonds. The van der Waals surface area contributed by atoms with E-state index in [4.69, 9.17) is 4.74 Å². The summed E-state index contributed by atoms with van der Waals surface area (Å²) in [4.78, 5) is 49.6. The summed E-state index contributed by atoms with van der Waals surface area (Å²) in [6.07, 6.45) is -1.48. The van der Waals surface area contributed by atoms with E-state index in [2.05, 4.69) is 15.5 Å². The molecule has 0 spiro atoms. The normalized spacial score (nSPS) is 14.9. The van der Waals surface area contributed by atoms with Gasteiger partial charge in [-0.2, -0.15) is 0 Å². The van der Waals surface area contributed by atoms with Gasteiger partial charge in [-0.1, -0.05) is 0 Å². The number of imide groups is 1. The molecule has 9 heteroatoms. The summed E-state index contributed by atoms with van der Waals surface area (Å²) in [5.41, 5.74) is -0.604. The number of hydroxylamine groups is 2. The van der Waals surface area contributed by atoms with Gasteiger partial charge in [-0.15, -0.1) is 5.06 Å². The predicted molar refractivity (Wildman–Crippen MR) is 69.8 cm³/mol. The molecule has 1 rings (SSSR count). The van der Waals surface area contributed by atoms with Crippen molar-refractivity contribution >= 4 is 24.0 Å². The molecule has 0 aromatic rings. The SMILES string of the molecule is CC(C)(C)OC(=O)NCCNC(=O)ON1C(=O)CCC1=O. The van der Waals surface area contributed by atoms with Crippen LogP contribution in [0.15, 0.2) is 0 Å². The number of carbonyl (C=O) groups excluding carboxylic acids is 4. The van der Waals surface area contributed by atoms with Gasteiger partial charge in [0.1, 0.15) is 5.60 Å². The molecule has 9 nitrogen and oxygen atoms in total. The lowest BCUT2D eigenvalue weighted by molar-refractivity contribution is -0.171. The molecule has 0 saturated carbocycles. The fraction of sp³-hybridized carbons (Fsp3) is 0.667. The zero-order valence-corrected chi connectivity index (χ0v) is 12.2. The van der Waals surface area contributed by atoms with Crippen molar-refractivity contribution in [3.05, 3.63) is 0 Å². The number of carbonyl (C=O) groups is 4. The maximum Gasteiger partial charge on any atom is 0.432 e. The summed E-state index contributed by atoms with van der Waals surface area (Å²) >= 11 is 0. The summed E-state index contributed by atoms with van der Waals surface area (Å²) < 4.78 is 4.99. The van der Waals surface area contributed by atoms with E-state index in [1.807, 2.05) is 0 Å². The van der Waals surface area contributed by atoms with Crippen LogP contribution in [0.25, 0.3) is 0 Å². The minimum absolute atomic E-state index is 0.0340. The van der Waals surface area contributed by atoms with Crippen LogP contribution in [-0.2, 0) is 19.2 Å². The number of rotatable bonds is 4. The maximum atomic E-state index is 11.3. The zero-order chi connectivity index (χ0) is 16.0. The molecule has 0 aromatic heterocycles. The first kappa shape index (κ1) is 16.7. The molecule has 0 atom stereocenters. The lowest BCUT2D eigenvalue weighted by Gasteiger charge is -2.19. The third kappa shape index (κ3) is 6.11. The standard InChI is InChI=1S/C12H19N3O6/c1-12(2,3)20-10(18)13-6-7-14-11(19)21-15-8(16)4-5-9(15)17/h4-7H2,1-3H3,(H,13,18)(H,14,19). The molecular weight excluding hydrogens is 282 g/mol. The number of nitrogens with one attached hydrogen (secondary N) is 2. The van der Waals surface area contributed by atoms with Crippen molar-refractivity contribution in [3.8, 4) is 0 Å². The Hall–Kier alpha value is -2.32. The van der Waals surface area contributed by atoms with E-state index in [0.717, 1.165) is 0 Å². The number of hydrogen-bond acceptors (Lipinski definition) is 6. The third-order valence-electron chi connectivity index (χ3n) is 2.24. The van der Waals surface area contributed by atoms with Gasteiger partial charge in [0.2, 0.25) is 0 Å². The molecule has 1 fully saturated rings. The van der Waals surface area contributed by atoms with Crippen LogP contribution in [0.3, 0.4) is 0 Å². The molecule has 2 N–H and O–H groups in total. The molecule has 0 bridgehead atoms. The highest BCUT2D eigenvalue weighted by Gasteiger charge is 2.32. The van der Waals surface area contributed by atoms with Gasteiger partial charge in [0.05, 0.1) is 0 Å². The van der Waals surface area contributed by atoms with Gasteiger partial charge < -0.3 is 20.2 Å². The molecular formula is C12H19N3O6. The van der Waals surface area contributed by atoms with Crippen molar-refractivity contribution in [3.63, 3.8) is 0 Å². The lowest BCUT2D eigenvalue weighted by atomic mass is 10.2. The second kappa shape index (κ2) is 6.91.